The molecule has 184 valence electrons. The highest BCUT2D eigenvalue weighted by Gasteiger charge is 2.47. The van der Waals surface area contributed by atoms with E-state index in [1.54, 1.807) is 6.07 Å². The number of pyridine rings is 1. The lowest BCUT2D eigenvalue weighted by Crippen LogP contribution is -2.51. The van der Waals surface area contributed by atoms with E-state index in [0.717, 1.165) is 13.5 Å². The fraction of sp³-hybridized carbons (Fsp3) is 0.520. The summed E-state index contributed by atoms with van der Waals surface area (Å²) >= 11 is 0. The van der Waals surface area contributed by atoms with Crippen LogP contribution in [0, 0.1) is 0 Å². The number of anilines is 1. The molecule has 2 heterocycles. The Labute approximate surface area is 198 Å². The van der Waals surface area contributed by atoms with Gasteiger partial charge in [0.2, 0.25) is 0 Å². The number of fused-ring (bicyclic) bond motifs is 1. The Morgan fingerprint density at radius 3 is 2.62 bits per heavy atom. The molecule has 0 saturated carbocycles. The number of amides is 1. The quantitative estimate of drug-likeness (QED) is 0.712. The van der Waals surface area contributed by atoms with Gasteiger partial charge in [-0.1, -0.05) is 38.1 Å². The molecule has 3 atom stereocenters. The van der Waals surface area contributed by atoms with E-state index in [9.17, 15) is 18.0 Å². The summed E-state index contributed by atoms with van der Waals surface area (Å²) in [6, 6.07) is 9.12. The van der Waals surface area contributed by atoms with Crippen LogP contribution in [0.1, 0.15) is 36.7 Å². The van der Waals surface area contributed by atoms with Gasteiger partial charge >= 0.3 is 6.18 Å². The van der Waals surface area contributed by atoms with Gasteiger partial charge in [0, 0.05) is 31.6 Å². The third kappa shape index (κ3) is 4.77. The van der Waals surface area contributed by atoms with Gasteiger partial charge in [-0.3, -0.25) is 9.78 Å². The van der Waals surface area contributed by atoms with Crippen LogP contribution in [0.25, 0.3) is 0 Å². The van der Waals surface area contributed by atoms with Gasteiger partial charge in [0.05, 0.1) is 24.2 Å². The Morgan fingerprint density at radius 2 is 2.00 bits per heavy atom. The molecule has 1 N–H and O–H groups in total. The number of halogens is 3. The highest BCUT2D eigenvalue weighted by atomic mass is 19.4. The molecule has 1 unspecified atom stereocenters. The van der Waals surface area contributed by atoms with Crippen LogP contribution in [0.3, 0.4) is 0 Å². The van der Waals surface area contributed by atoms with Crippen LogP contribution in [-0.4, -0.2) is 72.8 Å². The lowest BCUT2D eigenvalue weighted by Gasteiger charge is -2.35. The number of carbonyl (C=O) groups excluding carboxylic acids is 1. The van der Waals surface area contributed by atoms with Gasteiger partial charge < -0.3 is 19.9 Å². The molecule has 0 radical (unpaired) electrons. The van der Waals surface area contributed by atoms with Crippen molar-refractivity contribution >= 4 is 11.6 Å². The number of nitrogens with one attached hydrogen (secondary N) is 1. The van der Waals surface area contributed by atoms with Crippen LogP contribution in [0.2, 0.25) is 0 Å². The predicted molar refractivity (Wildman–Crippen MR) is 124 cm³/mol. The maximum atomic E-state index is 14.0. The van der Waals surface area contributed by atoms with Gasteiger partial charge in [0.15, 0.2) is 6.04 Å². The van der Waals surface area contributed by atoms with Gasteiger partial charge in [-0.05, 0) is 36.7 Å². The van der Waals surface area contributed by atoms with E-state index in [1.807, 2.05) is 24.1 Å². The largest absolute Gasteiger partial charge is 0.414 e. The molecule has 1 aliphatic carbocycles. The minimum Gasteiger partial charge on any atom is -0.380 e. The summed E-state index contributed by atoms with van der Waals surface area (Å²) in [5, 5.41) is 3.44. The van der Waals surface area contributed by atoms with Crippen LogP contribution in [0.5, 0.6) is 0 Å². The second kappa shape index (κ2) is 9.19. The number of morpholine rings is 1. The fourth-order valence-corrected chi connectivity index (χ4v) is 4.94. The summed E-state index contributed by atoms with van der Waals surface area (Å²) in [5.41, 5.74) is 2.81. The zero-order valence-electron chi connectivity index (χ0n) is 19.9. The van der Waals surface area contributed by atoms with E-state index in [2.05, 4.69) is 36.3 Å². The normalized spacial score (nSPS) is 23.3. The number of hydrogen-bond acceptors (Lipinski definition) is 5. The van der Waals surface area contributed by atoms with Crippen LogP contribution in [0.4, 0.5) is 18.9 Å². The summed E-state index contributed by atoms with van der Waals surface area (Å²) < 4.78 is 47.6. The first-order valence-corrected chi connectivity index (χ1v) is 11.4. The SMILES string of the molecule is CN1CCO[C@H](C(=O)N(C)C(c2ccc(N[C@H]3Cc4ccccc4C3(C)C)cn2)C(F)(F)F)C1. The Balaban J connectivity index is 1.51. The number of alkyl halides is 3. The lowest BCUT2D eigenvalue weighted by atomic mass is 9.83. The fourth-order valence-electron chi connectivity index (χ4n) is 4.94. The van der Waals surface area contributed by atoms with E-state index < -0.39 is 24.2 Å². The number of nitrogens with zero attached hydrogens (tertiary/aromatic N) is 3. The second-order valence-corrected chi connectivity index (χ2v) is 9.77. The molecule has 0 spiro atoms. The molecule has 6 nitrogen and oxygen atoms in total. The number of likely N-dealkylation sites (N-methyl/N-ethyl adjacent to an activating group) is 2. The van der Waals surface area contributed by atoms with Gasteiger partial charge in [-0.2, -0.15) is 13.2 Å². The monoisotopic (exact) mass is 476 g/mol. The van der Waals surface area contributed by atoms with Crippen LogP contribution in [0.15, 0.2) is 42.6 Å². The lowest BCUT2D eigenvalue weighted by molar-refractivity contribution is -0.195. The van der Waals surface area contributed by atoms with E-state index >= 15 is 0 Å². The van der Waals surface area contributed by atoms with Gasteiger partial charge in [0.1, 0.15) is 6.10 Å². The summed E-state index contributed by atoms with van der Waals surface area (Å²) in [6.07, 6.45) is -3.37. The number of carbonyl (C=O) groups is 1. The third-order valence-electron chi connectivity index (χ3n) is 7.00. The molecule has 34 heavy (non-hydrogen) atoms. The molecular weight excluding hydrogens is 445 g/mol. The molecular formula is C25H31F3N4O2. The smallest absolute Gasteiger partial charge is 0.380 e. The van der Waals surface area contributed by atoms with Crippen molar-refractivity contribution in [2.45, 2.75) is 50.0 Å². The second-order valence-electron chi connectivity index (χ2n) is 9.77. The Hall–Kier alpha value is -2.65. The van der Waals surface area contributed by atoms with Crippen molar-refractivity contribution in [3.05, 3.63) is 59.4 Å². The molecule has 1 aliphatic heterocycles. The molecule has 9 heteroatoms. The molecule has 1 aromatic heterocycles. The van der Waals surface area contributed by atoms with Crippen molar-refractivity contribution in [2.24, 2.45) is 0 Å². The minimum atomic E-state index is -4.68. The zero-order chi connectivity index (χ0) is 24.7. The summed E-state index contributed by atoms with van der Waals surface area (Å²) in [7, 11) is 2.96. The van der Waals surface area contributed by atoms with Crippen LogP contribution < -0.4 is 5.32 Å². The van der Waals surface area contributed by atoms with E-state index in [0.29, 0.717) is 23.7 Å². The molecule has 4 rings (SSSR count). The number of ether oxygens (including phenoxy) is 1. The topological polar surface area (TPSA) is 57.7 Å². The maximum Gasteiger partial charge on any atom is 0.414 e. The Morgan fingerprint density at radius 1 is 1.26 bits per heavy atom. The molecule has 1 aromatic carbocycles. The van der Waals surface area contributed by atoms with Crippen molar-refractivity contribution < 1.29 is 22.7 Å². The maximum absolute atomic E-state index is 14.0. The summed E-state index contributed by atoms with van der Waals surface area (Å²) in [5.74, 6) is -0.705. The highest BCUT2D eigenvalue weighted by Crippen LogP contribution is 2.40. The van der Waals surface area contributed by atoms with Crippen molar-refractivity contribution in [2.75, 3.05) is 39.1 Å². The molecule has 1 saturated heterocycles. The molecule has 1 amide bonds. The Bertz CT molecular complexity index is 1030. The van der Waals surface area contributed by atoms with Crippen molar-refractivity contribution in [1.29, 1.82) is 0 Å². The minimum absolute atomic E-state index is 0.0839. The first-order chi connectivity index (χ1) is 16.0. The summed E-state index contributed by atoms with van der Waals surface area (Å²) in [6.45, 7) is 5.50. The molecule has 0 bridgehead atoms. The summed E-state index contributed by atoms with van der Waals surface area (Å²) in [4.78, 5) is 19.5. The van der Waals surface area contributed by atoms with Gasteiger partial charge in [-0.25, -0.2) is 0 Å². The third-order valence-corrected chi connectivity index (χ3v) is 7.00. The first kappa shape index (κ1) is 24.5. The number of aromatic nitrogens is 1. The standard InChI is InChI=1S/C25H31F3N4O2/c1-24(2)18-8-6-5-7-16(18)13-21(24)30-17-9-10-19(29-14-17)22(25(26,27)28)32(4)23(33)20-15-31(3)11-12-34-20/h5-10,14,20-22,30H,11-13,15H2,1-4H3/t20-,21-,22?/m0/s1. The highest BCUT2D eigenvalue weighted by molar-refractivity contribution is 5.81. The Kier molecular flexibility index (Phi) is 6.61. The van der Waals surface area contributed by atoms with E-state index in [1.165, 1.54) is 23.4 Å². The average molecular weight is 477 g/mol. The van der Waals surface area contributed by atoms with Crippen molar-refractivity contribution in [1.82, 2.24) is 14.8 Å². The number of benzene rings is 1. The first-order valence-electron chi connectivity index (χ1n) is 11.4. The predicted octanol–water partition coefficient (Wildman–Crippen LogP) is 3.79. The molecule has 2 aromatic rings. The van der Waals surface area contributed by atoms with E-state index in [4.69, 9.17) is 4.74 Å². The molecule has 2 aliphatic rings. The average Bonchev–Trinajstić information content (AvgIpc) is 3.03. The van der Waals surface area contributed by atoms with Crippen LogP contribution in [-0.2, 0) is 21.4 Å². The van der Waals surface area contributed by atoms with Crippen molar-refractivity contribution in [3.63, 3.8) is 0 Å². The van der Waals surface area contributed by atoms with Gasteiger partial charge in [0.25, 0.3) is 5.91 Å². The zero-order valence-corrected chi connectivity index (χ0v) is 19.9. The van der Waals surface area contributed by atoms with Crippen molar-refractivity contribution in [3.8, 4) is 0 Å². The number of hydrogen-bond donors (Lipinski definition) is 1. The number of rotatable bonds is 5. The van der Waals surface area contributed by atoms with E-state index in [-0.39, 0.29) is 23.7 Å². The van der Waals surface area contributed by atoms with Crippen LogP contribution >= 0.6 is 0 Å². The van der Waals surface area contributed by atoms with Gasteiger partial charge in [-0.15, -0.1) is 0 Å². The molecule has 1 fully saturated rings.